The van der Waals surface area contributed by atoms with Gasteiger partial charge >= 0.3 is 0 Å². The van der Waals surface area contributed by atoms with Crippen molar-refractivity contribution in [3.05, 3.63) is 54.4 Å². The molecule has 5 rings (SSSR count). The molecule has 2 saturated heterocycles. The van der Waals surface area contributed by atoms with Crippen molar-refractivity contribution in [2.24, 2.45) is 5.92 Å². The molecule has 1 unspecified atom stereocenters. The molecule has 2 aliphatic rings. The Morgan fingerprint density at radius 2 is 2.03 bits per heavy atom. The van der Waals surface area contributed by atoms with Crippen LogP contribution < -0.4 is 15.0 Å². The van der Waals surface area contributed by atoms with E-state index in [0.29, 0.717) is 36.9 Å². The van der Waals surface area contributed by atoms with Crippen LogP contribution in [-0.4, -0.2) is 53.6 Å². The lowest BCUT2D eigenvalue weighted by atomic mass is 9.97. The van der Waals surface area contributed by atoms with Gasteiger partial charge in [-0.05, 0) is 68.3 Å². The van der Waals surface area contributed by atoms with Crippen LogP contribution in [0.5, 0.6) is 5.75 Å². The molecule has 9 nitrogen and oxygen atoms in total. The molecule has 3 aromatic rings. The number of aromatic nitrogens is 2. The number of carbonyl (C=O) groups is 2. The van der Waals surface area contributed by atoms with Gasteiger partial charge in [-0.25, -0.2) is 0 Å². The van der Waals surface area contributed by atoms with Crippen molar-refractivity contribution in [1.82, 2.24) is 15.0 Å². The number of nitrogens with zero attached hydrogens (tertiary/aromatic N) is 4. The lowest BCUT2D eigenvalue weighted by molar-refractivity contribution is -0.121. The largest absolute Gasteiger partial charge is 0.497 e. The van der Waals surface area contributed by atoms with E-state index in [1.54, 1.807) is 12.0 Å². The topological polar surface area (TPSA) is 101 Å². The number of amides is 2. The van der Waals surface area contributed by atoms with E-state index in [4.69, 9.17) is 9.26 Å². The average Bonchev–Trinajstić information content (AvgIpc) is 3.53. The number of benzene rings is 2. The van der Waals surface area contributed by atoms with Gasteiger partial charge in [-0.1, -0.05) is 11.2 Å². The zero-order valence-corrected chi connectivity index (χ0v) is 19.8. The maximum absolute atomic E-state index is 13.0. The van der Waals surface area contributed by atoms with Gasteiger partial charge in [0.15, 0.2) is 0 Å². The van der Waals surface area contributed by atoms with E-state index in [9.17, 15) is 9.59 Å². The summed E-state index contributed by atoms with van der Waals surface area (Å²) in [5.41, 5.74) is 2.40. The van der Waals surface area contributed by atoms with Crippen molar-refractivity contribution in [2.75, 3.05) is 37.0 Å². The lowest BCUT2D eigenvalue weighted by Gasteiger charge is -2.31. The highest BCUT2D eigenvalue weighted by atomic mass is 16.5. The lowest BCUT2D eigenvalue weighted by Crippen LogP contribution is -2.40. The van der Waals surface area contributed by atoms with E-state index in [-0.39, 0.29) is 17.7 Å². The van der Waals surface area contributed by atoms with Gasteiger partial charge in [-0.3, -0.25) is 14.5 Å². The number of likely N-dealkylation sites (tertiary alicyclic amines) is 1. The highest BCUT2D eigenvalue weighted by Gasteiger charge is 2.27. The van der Waals surface area contributed by atoms with Gasteiger partial charge in [-0.2, -0.15) is 4.98 Å². The van der Waals surface area contributed by atoms with Crippen molar-refractivity contribution >= 4 is 23.2 Å². The molecule has 2 fully saturated rings. The van der Waals surface area contributed by atoms with Gasteiger partial charge in [0.05, 0.1) is 19.6 Å². The van der Waals surface area contributed by atoms with Crippen LogP contribution in [-0.2, 0) is 16.1 Å². The second-order valence-corrected chi connectivity index (χ2v) is 9.00. The number of methoxy groups -OCH3 is 1. The number of rotatable bonds is 7. The number of carbonyl (C=O) groups excluding carboxylic acids is 2. The number of nitrogens with one attached hydrogen (secondary N) is 1. The maximum Gasteiger partial charge on any atom is 0.241 e. The second-order valence-electron chi connectivity index (χ2n) is 9.00. The summed E-state index contributed by atoms with van der Waals surface area (Å²) >= 11 is 0. The first-order valence-electron chi connectivity index (χ1n) is 12.0. The molecule has 0 saturated carbocycles. The molecular weight excluding hydrogens is 446 g/mol. The van der Waals surface area contributed by atoms with Crippen LogP contribution in [0.1, 0.15) is 31.6 Å². The Morgan fingerprint density at radius 3 is 2.80 bits per heavy atom. The monoisotopic (exact) mass is 475 g/mol. The van der Waals surface area contributed by atoms with Crippen LogP contribution in [0.15, 0.2) is 53.1 Å². The molecule has 0 aliphatic carbocycles. The zero-order valence-electron chi connectivity index (χ0n) is 19.8. The van der Waals surface area contributed by atoms with Crippen LogP contribution in [0, 0.1) is 5.92 Å². The van der Waals surface area contributed by atoms with Gasteiger partial charge in [0.1, 0.15) is 5.75 Å². The Bertz CT molecular complexity index is 1190. The van der Waals surface area contributed by atoms with Crippen LogP contribution >= 0.6 is 0 Å². The third kappa shape index (κ3) is 5.35. The number of hydrogen-bond acceptors (Lipinski definition) is 7. The molecule has 0 radical (unpaired) electrons. The van der Waals surface area contributed by atoms with E-state index in [2.05, 4.69) is 20.4 Å². The normalized spacial score (nSPS) is 18.6. The molecular formula is C26H29N5O4. The van der Waals surface area contributed by atoms with Gasteiger partial charge in [0.25, 0.3) is 0 Å². The molecule has 9 heteroatoms. The fraction of sp³-hybridized carbons (Fsp3) is 0.385. The van der Waals surface area contributed by atoms with Crippen LogP contribution in [0.25, 0.3) is 11.4 Å². The first kappa shape index (κ1) is 23.0. The molecule has 2 aromatic carbocycles. The van der Waals surface area contributed by atoms with E-state index in [1.807, 2.05) is 48.5 Å². The van der Waals surface area contributed by atoms with Gasteiger partial charge in [-0.15, -0.1) is 0 Å². The molecule has 3 heterocycles. The Hall–Kier alpha value is -3.72. The molecule has 35 heavy (non-hydrogen) atoms. The molecule has 2 amide bonds. The third-order valence-corrected chi connectivity index (χ3v) is 6.55. The average molecular weight is 476 g/mol. The van der Waals surface area contributed by atoms with Crippen molar-refractivity contribution < 1.29 is 18.8 Å². The molecule has 2 aliphatic heterocycles. The van der Waals surface area contributed by atoms with E-state index >= 15 is 0 Å². The summed E-state index contributed by atoms with van der Waals surface area (Å²) in [5.74, 6) is 1.82. The third-order valence-electron chi connectivity index (χ3n) is 6.55. The summed E-state index contributed by atoms with van der Waals surface area (Å²) in [6, 6.07) is 15.0. The summed E-state index contributed by atoms with van der Waals surface area (Å²) in [7, 11) is 1.63. The number of hydrogen-bond donors (Lipinski definition) is 1. The first-order chi connectivity index (χ1) is 17.1. The summed E-state index contributed by atoms with van der Waals surface area (Å²) in [4.78, 5) is 33.6. The minimum absolute atomic E-state index is 0.0101. The van der Waals surface area contributed by atoms with Crippen molar-refractivity contribution in [3.63, 3.8) is 0 Å². The summed E-state index contributed by atoms with van der Waals surface area (Å²) in [6.45, 7) is 2.72. The number of anilines is 2. The van der Waals surface area contributed by atoms with Crippen LogP contribution in [0.3, 0.4) is 0 Å². The van der Waals surface area contributed by atoms with E-state index in [0.717, 1.165) is 49.4 Å². The minimum Gasteiger partial charge on any atom is -0.497 e. The van der Waals surface area contributed by atoms with Crippen molar-refractivity contribution in [1.29, 1.82) is 0 Å². The summed E-state index contributed by atoms with van der Waals surface area (Å²) in [5, 5.41) is 7.15. The Labute approximate surface area is 204 Å². The number of piperidine rings is 1. The van der Waals surface area contributed by atoms with Crippen molar-refractivity contribution in [3.8, 4) is 17.1 Å². The molecule has 182 valence electrons. The second kappa shape index (κ2) is 10.3. The Kier molecular flexibility index (Phi) is 6.76. The quantitative estimate of drug-likeness (QED) is 0.556. The molecule has 1 N–H and O–H groups in total. The van der Waals surface area contributed by atoms with Gasteiger partial charge < -0.3 is 19.5 Å². The van der Waals surface area contributed by atoms with Crippen LogP contribution in [0.2, 0.25) is 0 Å². The smallest absolute Gasteiger partial charge is 0.241 e. The van der Waals surface area contributed by atoms with E-state index < -0.39 is 0 Å². The summed E-state index contributed by atoms with van der Waals surface area (Å²) in [6.07, 6.45) is 3.19. The maximum atomic E-state index is 13.0. The Balaban J connectivity index is 1.18. The van der Waals surface area contributed by atoms with Crippen LogP contribution in [0.4, 0.5) is 11.4 Å². The van der Waals surface area contributed by atoms with Crippen molar-refractivity contribution in [2.45, 2.75) is 32.2 Å². The Morgan fingerprint density at radius 1 is 1.17 bits per heavy atom. The highest BCUT2D eigenvalue weighted by Crippen LogP contribution is 2.26. The first-order valence-corrected chi connectivity index (χ1v) is 12.0. The highest BCUT2D eigenvalue weighted by molar-refractivity contribution is 5.97. The predicted molar refractivity (Wildman–Crippen MR) is 131 cm³/mol. The standard InChI is InChI=1S/C26H29N5O4/c1-34-22-11-9-18(10-12-22)25-28-23(35-29-25)17-30-13-3-5-19(16-30)26(33)27-20-6-2-7-21(15-20)31-14-4-8-24(31)32/h2,6-7,9-12,15,19H,3-5,8,13-14,16-17H2,1H3,(H,27,33). The molecule has 0 bridgehead atoms. The summed E-state index contributed by atoms with van der Waals surface area (Å²) < 4.78 is 10.7. The van der Waals surface area contributed by atoms with Gasteiger partial charge in [0, 0.05) is 36.4 Å². The molecule has 1 atom stereocenters. The van der Waals surface area contributed by atoms with Gasteiger partial charge in [0.2, 0.25) is 23.5 Å². The SMILES string of the molecule is COc1ccc(-c2noc(CN3CCCC(C(=O)Nc4cccc(N5CCCC5=O)c4)C3)n2)cc1. The molecule has 0 spiro atoms. The zero-order chi connectivity index (χ0) is 24.2. The molecule has 1 aromatic heterocycles. The van der Waals surface area contributed by atoms with E-state index in [1.165, 1.54) is 0 Å². The fourth-order valence-electron chi connectivity index (χ4n) is 4.70. The number of ether oxygens (including phenoxy) is 1. The predicted octanol–water partition coefficient (Wildman–Crippen LogP) is 3.72. The fourth-order valence-corrected chi connectivity index (χ4v) is 4.70. The minimum atomic E-state index is -0.134.